The van der Waals surface area contributed by atoms with Gasteiger partial charge in [0.15, 0.2) is 6.23 Å². The van der Waals surface area contributed by atoms with Gasteiger partial charge in [-0.25, -0.2) is 4.79 Å². The average molecular weight is 482 g/mol. The van der Waals surface area contributed by atoms with Gasteiger partial charge in [0.2, 0.25) is 0 Å². The van der Waals surface area contributed by atoms with Crippen molar-refractivity contribution in [1.82, 2.24) is 9.55 Å². The second kappa shape index (κ2) is 11.4. The van der Waals surface area contributed by atoms with Gasteiger partial charge in [-0.15, -0.1) is 0 Å². The number of aromatic nitrogens is 2. The van der Waals surface area contributed by atoms with Crippen molar-refractivity contribution in [2.45, 2.75) is 57.6 Å². The molecule has 0 bridgehead atoms. The van der Waals surface area contributed by atoms with E-state index in [1.165, 1.54) is 10.6 Å². The maximum Gasteiger partial charge on any atom is 0.330 e. The van der Waals surface area contributed by atoms with Crippen LogP contribution in [0.25, 0.3) is 0 Å². The molecule has 0 radical (unpaired) electrons. The Hall–Kier alpha value is -2.07. The summed E-state index contributed by atoms with van der Waals surface area (Å²) in [7, 11) is -3.37. The number of aryl methyl sites for hydroxylation is 2. The van der Waals surface area contributed by atoms with Crippen LogP contribution < -0.4 is 11.2 Å². The number of ether oxygens (including phenoxy) is 1. The Bertz CT molecular complexity index is 1060. The lowest BCUT2D eigenvalue weighted by atomic mass is 10.1. The van der Waals surface area contributed by atoms with Gasteiger partial charge >= 0.3 is 13.3 Å². The van der Waals surface area contributed by atoms with Gasteiger partial charge in [-0.1, -0.05) is 30.3 Å². The lowest BCUT2D eigenvalue weighted by Gasteiger charge is -2.21. The van der Waals surface area contributed by atoms with E-state index in [2.05, 4.69) is 4.98 Å². The van der Waals surface area contributed by atoms with E-state index in [1.807, 2.05) is 30.3 Å². The summed E-state index contributed by atoms with van der Waals surface area (Å²) in [6.07, 6.45) is -3.88. The Balaban J connectivity index is 1.80. The van der Waals surface area contributed by atoms with E-state index in [-0.39, 0.29) is 25.8 Å². The van der Waals surface area contributed by atoms with Crippen LogP contribution in [-0.4, -0.2) is 57.5 Å². The lowest BCUT2D eigenvalue weighted by molar-refractivity contribution is -0.0421. The quantitative estimate of drug-likeness (QED) is 0.410. The normalized spacial score (nSPS) is 23.2. The zero-order chi connectivity index (χ0) is 24.0. The number of benzene rings is 1. The predicted molar refractivity (Wildman–Crippen MR) is 121 cm³/mol. The van der Waals surface area contributed by atoms with Crippen LogP contribution in [-0.2, 0) is 31.2 Å². The Kier molecular flexibility index (Phi) is 8.81. The highest BCUT2D eigenvalue weighted by atomic mass is 31.2. The first-order valence-electron chi connectivity index (χ1n) is 11.1. The van der Waals surface area contributed by atoms with Gasteiger partial charge < -0.3 is 24.0 Å². The number of aliphatic hydroxyl groups is 2. The first-order chi connectivity index (χ1) is 15.8. The number of hydrogen-bond acceptors (Lipinski definition) is 8. The molecule has 1 aromatic carbocycles. The van der Waals surface area contributed by atoms with Crippen molar-refractivity contribution in [2.24, 2.45) is 0 Å². The monoisotopic (exact) mass is 482 g/mol. The molecule has 1 aliphatic rings. The van der Waals surface area contributed by atoms with E-state index in [0.717, 1.165) is 5.56 Å². The molecular weight excluding hydrogens is 451 g/mol. The Morgan fingerprint density at radius 3 is 2.36 bits per heavy atom. The molecule has 2 heterocycles. The third-order valence-electron chi connectivity index (χ3n) is 5.50. The van der Waals surface area contributed by atoms with Crippen LogP contribution in [0.4, 0.5) is 0 Å². The molecule has 3 rings (SSSR count). The number of hydrogen-bond donors (Lipinski definition) is 3. The highest BCUT2D eigenvalue weighted by Crippen LogP contribution is 2.49. The Morgan fingerprint density at radius 2 is 1.73 bits per heavy atom. The van der Waals surface area contributed by atoms with Crippen LogP contribution in [0.15, 0.2) is 46.0 Å². The van der Waals surface area contributed by atoms with Crippen molar-refractivity contribution in [1.29, 1.82) is 0 Å². The molecule has 182 valence electrons. The molecular formula is C22H31N2O8P. The highest BCUT2D eigenvalue weighted by molar-refractivity contribution is 7.53. The van der Waals surface area contributed by atoms with E-state index in [0.29, 0.717) is 18.5 Å². The topological polar surface area (TPSA) is 140 Å². The van der Waals surface area contributed by atoms with Crippen molar-refractivity contribution in [3.8, 4) is 0 Å². The van der Waals surface area contributed by atoms with Gasteiger partial charge in [-0.3, -0.25) is 18.9 Å². The predicted octanol–water partition coefficient (Wildman–Crippen LogP) is 1.60. The van der Waals surface area contributed by atoms with Crippen molar-refractivity contribution >= 4 is 7.60 Å². The fourth-order valence-electron chi connectivity index (χ4n) is 3.97. The standard InChI is InChI=1S/C22H31N2O8P/c1-3-30-33(29,31-4-2)13-12-17-19(26)20(27)21(32-17)24-16(14-18(25)23-22(24)28)11-10-15-8-6-5-7-9-15/h5-9,14,17,19-21,26-27H,3-4,10-13H2,1-2H3,(H,23,25,28)/t17-,19-,20-,21-/m1/s1. The summed E-state index contributed by atoms with van der Waals surface area (Å²) in [6.45, 7) is 3.81. The van der Waals surface area contributed by atoms with Crippen LogP contribution in [0.3, 0.4) is 0 Å². The summed E-state index contributed by atoms with van der Waals surface area (Å²) in [5, 5.41) is 21.2. The zero-order valence-corrected chi connectivity index (χ0v) is 19.6. The molecule has 10 nitrogen and oxygen atoms in total. The summed E-state index contributed by atoms with van der Waals surface area (Å²) < 4.78 is 30.3. The van der Waals surface area contributed by atoms with E-state index >= 15 is 0 Å². The maximum absolute atomic E-state index is 12.7. The van der Waals surface area contributed by atoms with Gasteiger partial charge in [0.05, 0.1) is 25.5 Å². The molecule has 0 unspecified atom stereocenters. The van der Waals surface area contributed by atoms with E-state index in [9.17, 15) is 24.4 Å². The second-order valence-corrected chi connectivity index (χ2v) is 9.98. The highest BCUT2D eigenvalue weighted by Gasteiger charge is 2.45. The summed E-state index contributed by atoms with van der Waals surface area (Å²) in [4.78, 5) is 26.8. The molecule has 0 aliphatic carbocycles. The first-order valence-corrected chi connectivity index (χ1v) is 12.8. The molecule has 0 amide bonds. The van der Waals surface area contributed by atoms with Crippen molar-refractivity contribution < 1.29 is 28.6 Å². The summed E-state index contributed by atoms with van der Waals surface area (Å²) in [6, 6.07) is 10.9. The number of nitrogens with zero attached hydrogens (tertiary/aromatic N) is 1. The fourth-order valence-corrected chi connectivity index (χ4v) is 5.66. The molecule has 4 atom stereocenters. The van der Waals surface area contributed by atoms with Crippen LogP contribution in [0.2, 0.25) is 0 Å². The maximum atomic E-state index is 12.7. The number of aromatic amines is 1. The van der Waals surface area contributed by atoms with Gasteiger partial charge in [-0.2, -0.15) is 0 Å². The van der Waals surface area contributed by atoms with Crippen LogP contribution in [0, 0.1) is 0 Å². The van der Waals surface area contributed by atoms with Crippen molar-refractivity contribution in [2.75, 3.05) is 19.4 Å². The second-order valence-electron chi connectivity index (χ2n) is 7.79. The fraction of sp³-hybridized carbons (Fsp3) is 0.545. The molecule has 11 heteroatoms. The lowest BCUT2D eigenvalue weighted by Crippen LogP contribution is -2.39. The van der Waals surface area contributed by atoms with E-state index in [1.54, 1.807) is 13.8 Å². The third kappa shape index (κ3) is 6.29. The first kappa shape index (κ1) is 25.6. The molecule has 3 N–H and O–H groups in total. The van der Waals surface area contributed by atoms with E-state index in [4.69, 9.17) is 13.8 Å². The van der Waals surface area contributed by atoms with Crippen LogP contribution in [0.5, 0.6) is 0 Å². The summed E-state index contributed by atoms with van der Waals surface area (Å²) in [5.41, 5.74) is 0.0963. The van der Waals surface area contributed by atoms with Gasteiger partial charge in [0.1, 0.15) is 12.2 Å². The van der Waals surface area contributed by atoms with E-state index < -0.39 is 43.4 Å². The van der Waals surface area contributed by atoms with Crippen molar-refractivity contribution in [3.63, 3.8) is 0 Å². The minimum atomic E-state index is -3.37. The smallest absolute Gasteiger partial charge is 0.330 e. The van der Waals surface area contributed by atoms with Crippen molar-refractivity contribution in [3.05, 3.63) is 68.5 Å². The SMILES string of the molecule is CCOP(=O)(CC[C@H]1O[C@@H](n2c(CCc3ccccc3)cc(=O)[nH]c2=O)[C@H](O)[C@@H]1O)OCC. The Labute approximate surface area is 191 Å². The number of rotatable bonds is 11. The molecule has 1 aromatic heterocycles. The molecule has 33 heavy (non-hydrogen) atoms. The molecule has 0 spiro atoms. The molecule has 1 fully saturated rings. The Morgan fingerprint density at radius 1 is 1.06 bits per heavy atom. The number of H-pyrrole nitrogens is 1. The largest absolute Gasteiger partial charge is 0.388 e. The molecule has 1 aliphatic heterocycles. The zero-order valence-electron chi connectivity index (χ0n) is 18.8. The number of nitrogens with one attached hydrogen (secondary N) is 1. The van der Waals surface area contributed by atoms with Crippen LogP contribution in [0.1, 0.15) is 37.8 Å². The third-order valence-corrected chi connectivity index (χ3v) is 7.61. The molecule has 2 aromatic rings. The summed E-state index contributed by atoms with van der Waals surface area (Å²) >= 11 is 0. The number of aliphatic hydroxyl groups excluding tert-OH is 2. The molecule has 1 saturated heterocycles. The average Bonchev–Trinajstić information content (AvgIpc) is 3.05. The van der Waals surface area contributed by atoms with Gasteiger partial charge in [0.25, 0.3) is 5.56 Å². The minimum absolute atomic E-state index is 0.0166. The van der Waals surface area contributed by atoms with Crippen LogP contribution >= 0.6 is 7.60 Å². The summed E-state index contributed by atoms with van der Waals surface area (Å²) in [5.74, 6) is 0. The molecule has 0 saturated carbocycles. The minimum Gasteiger partial charge on any atom is -0.388 e. The van der Waals surface area contributed by atoms with Gasteiger partial charge in [-0.05, 0) is 38.7 Å². The van der Waals surface area contributed by atoms with Gasteiger partial charge in [0, 0.05) is 11.8 Å².